The molecule has 0 bridgehead atoms. The van der Waals surface area contributed by atoms with Gasteiger partial charge in [-0.3, -0.25) is 24.5 Å². The van der Waals surface area contributed by atoms with Crippen molar-refractivity contribution in [3.8, 4) is 0 Å². The van der Waals surface area contributed by atoms with Crippen LogP contribution in [0.5, 0.6) is 0 Å². The molecular weight excluding hydrogens is 453 g/mol. The fourth-order valence-electron chi connectivity index (χ4n) is 4.25. The fraction of sp³-hybridized carbons (Fsp3) is 0.130. The number of rotatable bonds is 4. The van der Waals surface area contributed by atoms with Crippen molar-refractivity contribution in [2.45, 2.75) is 12.1 Å². The standard InChI is InChI=1S/C23H15ClFN3O5/c24-18-11-10-16(28(31)32)12-17(18)20-19-21(33-27(20)15-4-2-1-3-5-15)23(30)26(22(19)29)14-8-6-13(25)7-9-14/h1-12,19-21H. The molecule has 0 aromatic heterocycles. The van der Waals surface area contributed by atoms with E-state index in [1.54, 1.807) is 30.3 Å². The van der Waals surface area contributed by atoms with Gasteiger partial charge in [0.2, 0.25) is 5.91 Å². The Kier molecular flexibility index (Phi) is 5.07. The van der Waals surface area contributed by atoms with Crippen molar-refractivity contribution in [1.29, 1.82) is 0 Å². The van der Waals surface area contributed by atoms with Crippen LogP contribution in [-0.4, -0.2) is 22.8 Å². The van der Waals surface area contributed by atoms with Gasteiger partial charge in [0.25, 0.3) is 11.6 Å². The highest BCUT2D eigenvalue weighted by Gasteiger charge is 2.60. The number of fused-ring (bicyclic) bond motifs is 1. The first-order valence-electron chi connectivity index (χ1n) is 9.95. The number of nitrogens with zero attached hydrogens (tertiary/aromatic N) is 3. The molecule has 3 unspecified atom stereocenters. The van der Waals surface area contributed by atoms with Crippen molar-refractivity contribution >= 4 is 40.5 Å². The zero-order chi connectivity index (χ0) is 23.3. The number of hydroxylamine groups is 1. The van der Waals surface area contributed by atoms with Gasteiger partial charge in [0.05, 0.1) is 22.3 Å². The van der Waals surface area contributed by atoms with Gasteiger partial charge in [-0.1, -0.05) is 29.8 Å². The maximum Gasteiger partial charge on any atom is 0.269 e. The van der Waals surface area contributed by atoms with E-state index in [4.69, 9.17) is 16.4 Å². The summed E-state index contributed by atoms with van der Waals surface area (Å²) in [4.78, 5) is 44.5. The monoisotopic (exact) mass is 467 g/mol. The summed E-state index contributed by atoms with van der Waals surface area (Å²) in [6, 6.07) is 16.7. The van der Waals surface area contributed by atoms with Gasteiger partial charge in [-0.05, 0) is 42.5 Å². The normalized spacial score (nSPS) is 22.1. The van der Waals surface area contributed by atoms with Crippen LogP contribution in [0.3, 0.4) is 0 Å². The van der Waals surface area contributed by atoms with E-state index in [-0.39, 0.29) is 22.0 Å². The zero-order valence-electron chi connectivity index (χ0n) is 16.8. The lowest BCUT2D eigenvalue weighted by Gasteiger charge is -2.29. The average molecular weight is 468 g/mol. The summed E-state index contributed by atoms with van der Waals surface area (Å²) in [6.45, 7) is 0. The van der Waals surface area contributed by atoms with E-state index < -0.39 is 40.6 Å². The summed E-state index contributed by atoms with van der Waals surface area (Å²) in [5.41, 5.74) is 0.829. The molecule has 166 valence electrons. The summed E-state index contributed by atoms with van der Waals surface area (Å²) >= 11 is 6.42. The van der Waals surface area contributed by atoms with Crippen LogP contribution >= 0.6 is 11.6 Å². The third-order valence-electron chi connectivity index (χ3n) is 5.72. The van der Waals surface area contributed by atoms with Crippen molar-refractivity contribution in [2.75, 3.05) is 9.96 Å². The summed E-state index contributed by atoms with van der Waals surface area (Å²) in [7, 11) is 0. The Morgan fingerprint density at radius 2 is 1.64 bits per heavy atom. The highest BCUT2D eigenvalue weighted by molar-refractivity contribution is 6.31. The number of non-ortho nitro benzene ring substituents is 1. The average Bonchev–Trinajstić information content (AvgIpc) is 3.31. The molecule has 2 amide bonds. The van der Waals surface area contributed by atoms with Crippen LogP contribution in [-0.2, 0) is 14.4 Å². The second kappa shape index (κ2) is 7.95. The summed E-state index contributed by atoms with van der Waals surface area (Å²) in [6.07, 6.45) is -1.18. The van der Waals surface area contributed by atoms with Gasteiger partial charge in [0.1, 0.15) is 11.7 Å². The molecule has 10 heteroatoms. The van der Waals surface area contributed by atoms with Gasteiger partial charge in [-0.2, -0.15) is 0 Å². The Labute approximate surface area is 191 Å². The van der Waals surface area contributed by atoms with E-state index in [0.29, 0.717) is 5.69 Å². The molecule has 0 spiro atoms. The summed E-state index contributed by atoms with van der Waals surface area (Å²) in [5.74, 6) is -2.71. The van der Waals surface area contributed by atoms with Crippen molar-refractivity contribution in [1.82, 2.24) is 0 Å². The van der Waals surface area contributed by atoms with Crippen molar-refractivity contribution in [3.63, 3.8) is 0 Å². The molecule has 3 aromatic rings. The molecule has 33 heavy (non-hydrogen) atoms. The van der Waals surface area contributed by atoms with Gasteiger partial charge >= 0.3 is 0 Å². The number of imide groups is 1. The van der Waals surface area contributed by atoms with Crippen LogP contribution in [0.25, 0.3) is 0 Å². The number of nitro benzene ring substituents is 1. The predicted molar refractivity (Wildman–Crippen MR) is 117 cm³/mol. The zero-order valence-corrected chi connectivity index (χ0v) is 17.6. The van der Waals surface area contributed by atoms with Gasteiger partial charge in [0, 0.05) is 22.7 Å². The number of halogens is 2. The van der Waals surface area contributed by atoms with Crippen LogP contribution in [0.2, 0.25) is 5.02 Å². The highest BCUT2D eigenvalue weighted by Crippen LogP contribution is 2.49. The largest absolute Gasteiger partial charge is 0.273 e. The lowest BCUT2D eigenvalue weighted by atomic mass is 9.90. The molecule has 2 heterocycles. The Balaban J connectivity index is 1.63. The quantitative estimate of drug-likeness (QED) is 0.320. The number of carbonyl (C=O) groups excluding carboxylic acids is 2. The van der Waals surface area contributed by atoms with Crippen molar-refractivity contribution in [3.05, 3.63) is 99.3 Å². The minimum Gasteiger partial charge on any atom is -0.273 e. The minimum absolute atomic E-state index is 0.191. The lowest BCUT2D eigenvalue weighted by Crippen LogP contribution is -2.37. The summed E-state index contributed by atoms with van der Waals surface area (Å²) < 4.78 is 13.4. The Morgan fingerprint density at radius 3 is 2.30 bits per heavy atom. The summed E-state index contributed by atoms with van der Waals surface area (Å²) in [5, 5.41) is 13.0. The van der Waals surface area contributed by atoms with E-state index >= 15 is 0 Å². The van der Waals surface area contributed by atoms with Crippen LogP contribution in [0.4, 0.5) is 21.5 Å². The second-order valence-electron chi connectivity index (χ2n) is 7.61. The van der Waals surface area contributed by atoms with Crippen LogP contribution in [0.1, 0.15) is 11.6 Å². The molecule has 3 atom stereocenters. The first-order chi connectivity index (χ1) is 15.9. The number of hydrogen-bond acceptors (Lipinski definition) is 6. The Morgan fingerprint density at radius 1 is 0.939 bits per heavy atom. The molecular formula is C23H15ClFN3O5. The number of benzene rings is 3. The molecule has 2 aliphatic heterocycles. The van der Waals surface area contributed by atoms with Crippen LogP contribution in [0.15, 0.2) is 72.8 Å². The first kappa shape index (κ1) is 21.0. The number of carbonyl (C=O) groups is 2. The first-order valence-corrected chi connectivity index (χ1v) is 10.3. The van der Waals surface area contributed by atoms with Gasteiger partial charge in [-0.25, -0.2) is 14.4 Å². The van der Waals surface area contributed by atoms with Crippen LogP contribution < -0.4 is 9.96 Å². The molecule has 2 saturated heterocycles. The van der Waals surface area contributed by atoms with Gasteiger partial charge in [-0.15, -0.1) is 0 Å². The predicted octanol–water partition coefficient (Wildman–Crippen LogP) is 4.44. The molecule has 2 fully saturated rings. The Hall–Kier alpha value is -3.82. The highest BCUT2D eigenvalue weighted by atomic mass is 35.5. The van der Waals surface area contributed by atoms with Crippen molar-refractivity contribution < 1.29 is 23.7 Å². The smallest absolute Gasteiger partial charge is 0.269 e. The number of hydrogen-bond donors (Lipinski definition) is 0. The molecule has 2 aliphatic rings. The van der Waals surface area contributed by atoms with Crippen LogP contribution in [0, 0.1) is 21.8 Å². The SMILES string of the molecule is O=C1C2ON(c3ccccc3)C(c3cc([N+](=O)[O-])ccc3Cl)C2C(=O)N1c1ccc(F)cc1. The minimum atomic E-state index is -1.18. The maximum absolute atomic E-state index is 13.5. The molecule has 5 rings (SSSR count). The fourth-order valence-corrected chi connectivity index (χ4v) is 4.47. The van der Waals surface area contributed by atoms with E-state index in [0.717, 1.165) is 17.0 Å². The molecule has 0 N–H and O–H groups in total. The molecule has 0 aliphatic carbocycles. The number of nitro groups is 1. The topological polar surface area (TPSA) is 93.0 Å². The second-order valence-corrected chi connectivity index (χ2v) is 8.02. The van der Waals surface area contributed by atoms with Crippen molar-refractivity contribution in [2.24, 2.45) is 5.92 Å². The number of anilines is 2. The van der Waals surface area contributed by atoms with Gasteiger partial charge in [0.15, 0.2) is 6.10 Å². The molecule has 3 aromatic carbocycles. The van der Waals surface area contributed by atoms with E-state index in [1.165, 1.54) is 35.4 Å². The lowest BCUT2D eigenvalue weighted by molar-refractivity contribution is -0.384. The van der Waals surface area contributed by atoms with E-state index in [9.17, 15) is 24.1 Å². The molecule has 0 saturated carbocycles. The third-order valence-corrected chi connectivity index (χ3v) is 6.06. The van der Waals surface area contributed by atoms with E-state index in [1.807, 2.05) is 0 Å². The number of para-hydroxylation sites is 1. The molecule has 8 nitrogen and oxygen atoms in total. The van der Waals surface area contributed by atoms with E-state index in [2.05, 4.69) is 0 Å². The Bertz CT molecular complexity index is 1270. The maximum atomic E-state index is 13.5. The van der Waals surface area contributed by atoms with Gasteiger partial charge < -0.3 is 0 Å². The molecule has 0 radical (unpaired) electrons. The number of amides is 2. The third kappa shape index (κ3) is 3.42.